The van der Waals surface area contributed by atoms with E-state index in [-0.39, 0.29) is 5.91 Å². The average molecular weight is 365 g/mol. The van der Waals surface area contributed by atoms with Gasteiger partial charge in [-0.3, -0.25) is 4.79 Å². The highest BCUT2D eigenvalue weighted by Gasteiger charge is 2.19. The number of carbonyl (C=O) groups is 1. The lowest BCUT2D eigenvalue weighted by molar-refractivity contribution is 0.0755. The van der Waals surface area contributed by atoms with Gasteiger partial charge in [0.15, 0.2) is 0 Å². The third-order valence-electron chi connectivity index (χ3n) is 5.36. The molecule has 2 aliphatic heterocycles. The molecule has 0 unspecified atom stereocenters. The summed E-state index contributed by atoms with van der Waals surface area (Å²) in [6.07, 6.45) is 8.74. The molecule has 2 saturated heterocycles. The van der Waals surface area contributed by atoms with Crippen LogP contribution in [0.4, 0.5) is 17.3 Å². The summed E-state index contributed by atoms with van der Waals surface area (Å²) in [6, 6.07) is 10.0. The average Bonchev–Trinajstić information content (AvgIpc) is 3.11. The molecule has 6 heteroatoms. The van der Waals surface area contributed by atoms with Gasteiger partial charge in [0.2, 0.25) is 5.95 Å². The molecule has 1 N–H and O–H groups in total. The van der Waals surface area contributed by atoms with Gasteiger partial charge in [-0.1, -0.05) is 12.8 Å². The van der Waals surface area contributed by atoms with Crippen molar-refractivity contribution in [2.24, 2.45) is 0 Å². The van der Waals surface area contributed by atoms with E-state index in [1.807, 2.05) is 17.0 Å². The molecule has 6 nitrogen and oxygen atoms in total. The van der Waals surface area contributed by atoms with Crippen LogP contribution < -0.4 is 10.2 Å². The van der Waals surface area contributed by atoms with Crippen molar-refractivity contribution >= 4 is 23.2 Å². The molecule has 3 heterocycles. The topological polar surface area (TPSA) is 61.4 Å². The molecular weight excluding hydrogens is 338 g/mol. The molecule has 27 heavy (non-hydrogen) atoms. The molecule has 2 aliphatic rings. The van der Waals surface area contributed by atoms with Crippen LogP contribution >= 0.6 is 0 Å². The van der Waals surface area contributed by atoms with Gasteiger partial charge in [-0.25, -0.2) is 9.97 Å². The molecule has 142 valence electrons. The number of anilines is 3. The molecule has 0 saturated carbocycles. The summed E-state index contributed by atoms with van der Waals surface area (Å²) in [6.45, 7) is 3.92. The third kappa shape index (κ3) is 4.38. The fraction of sp³-hybridized carbons (Fsp3) is 0.476. The Morgan fingerprint density at radius 3 is 2.22 bits per heavy atom. The molecule has 1 aromatic carbocycles. The maximum Gasteiger partial charge on any atom is 0.272 e. The van der Waals surface area contributed by atoms with Crippen LogP contribution in [0.3, 0.4) is 0 Å². The van der Waals surface area contributed by atoms with E-state index in [1.54, 1.807) is 12.3 Å². The first kappa shape index (κ1) is 17.8. The second kappa shape index (κ2) is 8.37. The molecule has 4 rings (SSSR count). The number of nitrogens with one attached hydrogen (secondary N) is 1. The molecule has 2 aromatic rings. The van der Waals surface area contributed by atoms with Crippen LogP contribution in [0, 0.1) is 0 Å². The van der Waals surface area contributed by atoms with Crippen molar-refractivity contribution in [3.05, 3.63) is 42.2 Å². The van der Waals surface area contributed by atoms with Crippen molar-refractivity contribution in [3.8, 4) is 0 Å². The first-order valence-corrected chi connectivity index (χ1v) is 10.0. The molecule has 2 fully saturated rings. The van der Waals surface area contributed by atoms with E-state index in [9.17, 15) is 4.79 Å². The Morgan fingerprint density at radius 2 is 1.52 bits per heavy atom. The number of amides is 1. The van der Waals surface area contributed by atoms with E-state index in [2.05, 4.69) is 32.3 Å². The largest absolute Gasteiger partial charge is 0.372 e. The summed E-state index contributed by atoms with van der Waals surface area (Å²) in [5.41, 5.74) is 2.64. The van der Waals surface area contributed by atoms with E-state index in [0.29, 0.717) is 11.6 Å². The lowest BCUT2D eigenvalue weighted by Crippen LogP contribution is -2.32. The molecule has 0 atom stereocenters. The van der Waals surface area contributed by atoms with E-state index >= 15 is 0 Å². The zero-order valence-corrected chi connectivity index (χ0v) is 15.7. The van der Waals surface area contributed by atoms with Crippen LogP contribution in [-0.4, -0.2) is 47.0 Å². The Morgan fingerprint density at radius 1 is 0.852 bits per heavy atom. The van der Waals surface area contributed by atoms with Gasteiger partial charge in [0.1, 0.15) is 5.69 Å². The third-order valence-corrected chi connectivity index (χ3v) is 5.36. The number of carbonyl (C=O) groups excluding carboxylic acids is 1. The Labute approximate surface area is 160 Å². The minimum Gasteiger partial charge on any atom is -0.372 e. The van der Waals surface area contributed by atoms with Crippen LogP contribution in [0.1, 0.15) is 49.0 Å². The summed E-state index contributed by atoms with van der Waals surface area (Å²) >= 11 is 0. The molecule has 1 aromatic heterocycles. The van der Waals surface area contributed by atoms with Crippen LogP contribution in [0.25, 0.3) is 0 Å². The van der Waals surface area contributed by atoms with Crippen molar-refractivity contribution in [2.45, 2.75) is 38.5 Å². The number of nitrogens with zero attached hydrogens (tertiary/aromatic N) is 4. The summed E-state index contributed by atoms with van der Waals surface area (Å²) in [7, 11) is 0. The van der Waals surface area contributed by atoms with Crippen molar-refractivity contribution in [1.82, 2.24) is 14.9 Å². The van der Waals surface area contributed by atoms with E-state index in [4.69, 9.17) is 0 Å². The molecule has 0 radical (unpaired) electrons. The summed E-state index contributed by atoms with van der Waals surface area (Å²) in [4.78, 5) is 25.8. The standard InChI is InChI=1S/C21H27N5O/c27-20(26-15-3-1-2-4-16-26)19-11-12-22-21(24-19)23-17-7-9-18(10-8-17)25-13-5-6-14-25/h7-12H,1-6,13-16H2,(H,22,23,24). The number of aromatic nitrogens is 2. The maximum absolute atomic E-state index is 12.8. The van der Waals surface area contributed by atoms with Gasteiger partial charge < -0.3 is 15.1 Å². The van der Waals surface area contributed by atoms with E-state index in [1.165, 1.54) is 31.4 Å². The molecule has 0 aliphatic carbocycles. The van der Waals surface area contributed by atoms with Crippen LogP contribution in [0.5, 0.6) is 0 Å². The minimum absolute atomic E-state index is 0.00623. The van der Waals surface area contributed by atoms with Gasteiger partial charge >= 0.3 is 0 Å². The van der Waals surface area contributed by atoms with Crippen LogP contribution in [0.2, 0.25) is 0 Å². The Bertz CT molecular complexity index is 762. The highest BCUT2D eigenvalue weighted by atomic mass is 16.2. The van der Waals surface area contributed by atoms with E-state index < -0.39 is 0 Å². The number of hydrogen-bond donors (Lipinski definition) is 1. The van der Waals surface area contributed by atoms with Gasteiger partial charge in [-0.2, -0.15) is 0 Å². The monoisotopic (exact) mass is 365 g/mol. The van der Waals surface area contributed by atoms with Crippen molar-refractivity contribution in [3.63, 3.8) is 0 Å². The molecular formula is C21H27N5O. The Balaban J connectivity index is 1.43. The maximum atomic E-state index is 12.8. The zero-order valence-electron chi connectivity index (χ0n) is 15.7. The second-order valence-electron chi connectivity index (χ2n) is 7.34. The molecule has 0 spiro atoms. The fourth-order valence-electron chi connectivity index (χ4n) is 3.83. The first-order valence-electron chi connectivity index (χ1n) is 10.0. The predicted octanol–water partition coefficient (Wildman–Crippen LogP) is 3.84. The van der Waals surface area contributed by atoms with E-state index in [0.717, 1.165) is 44.7 Å². The number of benzene rings is 1. The fourth-order valence-corrected chi connectivity index (χ4v) is 3.83. The van der Waals surface area contributed by atoms with Crippen molar-refractivity contribution in [2.75, 3.05) is 36.4 Å². The van der Waals surface area contributed by atoms with Gasteiger partial charge in [0, 0.05) is 43.8 Å². The smallest absolute Gasteiger partial charge is 0.272 e. The number of rotatable bonds is 4. The molecule has 1 amide bonds. The minimum atomic E-state index is 0.00623. The number of hydrogen-bond acceptors (Lipinski definition) is 5. The lowest BCUT2D eigenvalue weighted by Gasteiger charge is -2.20. The lowest BCUT2D eigenvalue weighted by atomic mass is 10.2. The van der Waals surface area contributed by atoms with Gasteiger partial charge in [-0.15, -0.1) is 0 Å². The first-order chi connectivity index (χ1) is 13.3. The van der Waals surface area contributed by atoms with Crippen LogP contribution in [-0.2, 0) is 0 Å². The summed E-state index contributed by atoms with van der Waals surface area (Å²) in [5, 5.41) is 3.22. The van der Waals surface area contributed by atoms with Crippen molar-refractivity contribution < 1.29 is 4.79 Å². The predicted molar refractivity (Wildman–Crippen MR) is 108 cm³/mol. The highest BCUT2D eigenvalue weighted by Crippen LogP contribution is 2.23. The summed E-state index contributed by atoms with van der Waals surface area (Å²) in [5.74, 6) is 0.469. The number of likely N-dealkylation sites (tertiary alicyclic amines) is 1. The zero-order chi connectivity index (χ0) is 18.5. The van der Waals surface area contributed by atoms with Crippen LogP contribution in [0.15, 0.2) is 36.5 Å². The van der Waals surface area contributed by atoms with Gasteiger partial charge in [-0.05, 0) is 56.0 Å². The second-order valence-corrected chi connectivity index (χ2v) is 7.34. The van der Waals surface area contributed by atoms with Gasteiger partial charge in [0.05, 0.1) is 0 Å². The van der Waals surface area contributed by atoms with Gasteiger partial charge in [0.25, 0.3) is 5.91 Å². The normalized spacial score (nSPS) is 17.6. The quantitative estimate of drug-likeness (QED) is 0.892. The summed E-state index contributed by atoms with van der Waals surface area (Å²) < 4.78 is 0. The Hall–Kier alpha value is -2.63. The SMILES string of the molecule is O=C(c1ccnc(Nc2ccc(N3CCCC3)cc2)n1)N1CCCCCC1. The van der Waals surface area contributed by atoms with Crippen molar-refractivity contribution in [1.29, 1.82) is 0 Å². The molecule has 0 bridgehead atoms. The highest BCUT2D eigenvalue weighted by molar-refractivity contribution is 5.92. The Kier molecular flexibility index (Phi) is 5.51.